The molecule has 0 saturated carbocycles. The van der Waals surface area contributed by atoms with Crippen LogP contribution in [0.1, 0.15) is 13.8 Å². The topological polar surface area (TPSA) is 112 Å². The molecule has 104 valence electrons. The maximum atomic E-state index is 11.1. The van der Waals surface area contributed by atoms with E-state index in [0.29, 0.717) is 11.5 Å². The number of nitrogens with two attached hydrogens (primary N) is 1. The van der Waals surface area contributed by atoms with E-state index in [0.717, 1.165) is 0 Å². The molecule has 7 heteroatoms. The van der Waals surface area contributed by atoms with E-state index in [1.165, 1.54) is 0 Å². The second-order valence-corrected chi connectivity index (χ2v) is 4.04. The zero-order chi connectivity index (χ0) is 14.3. The summed E-state index contributed by atoms with van der Waals surface area (Å²) in [6.45, 7) is 3.57. The summed E-state index contributed by atoms with van der Waals surface area (Å²) in [6, 6.07) is -0.858. The minimum Gasteiger partial charge on any atom is -0.480 e. The summed E-state index contributed by atoms with van der Waals surface area (Å²) in [5.41, 5.74) is 6.38. The fraction of sp³-hybridized carbons (Fsp3) is 0.636. The average molecular weight is 257 g/mol. The van der Waals surface area contributed by atoms with Gasteiger partial charge in [-0.25, -0.2) is 4.79 Å². The van der Waals surface area contributed by atoms with Gasteiger partial charge < -0.3 is 26.8 Å². The van der Waals surface area contributed by atoms with E-state index in [9.17, 15) is 4.79 Å². The van der Waals surface area contributed by atoms with E-state index in [2.05, 4.69) is 20.9 Å². The summed E-state index contributed by atoms with van der Waals surface area (Å²) < 4.78 is 0. The Kier molecular flexibility index (Phi) is 6.62. The number of likely N-dealkylation sites (N-methyl/N-ethyl adjacent to an activating group) is 1. The number of amidine groups is 1. The minimum absolute atomic E-state index is 0.133. The van der Waals surface area contributed by atoms with Gasteiger partial charge in [-0.2, -0.15) is 0 Å². The number of hydrogen-bond acceptors (Lipinski definition) is 5. The first kappa shape index (κ1) is 16.1. The van der Waals surface area contributed by atoms with Gasteiger partial charge in [0.05, 0.1) is 0 Å². The van der Waals surface area contributed by atoms with Gasteiger partial charge in [0.15, 0.2) is 6.04 Å². The average Bonchev–Trinajstić information content (AvgIpc) is 2.31. The molecule has 0 unspecified atom stereocenters. The quantitative estimate of drug-likeness (QED) is 0.304. The molecule has 18 heavy (non-hydrogen) atoms. The van der Waals surface area contributed by atoms with Crippen molar-refractivity contribution in [1.29, 1.82) is 0 Å². The van der Waals surface area contributed by atoms with Gasteiger partial charge in [0.2, 0.25) is 0 Å². The van der Waals surface area contributed by atoms with E-state index in [-0.39, 0.29) is 11.8 Å². The number of nitrogens with zero attached hydrogens (tertiary/aromatic N) is 1. The molecule has 0 aliphatic heterocycles. The molecule has 0 aliphatic carbocycles. The Bertz CT molecular complexity index is 343. The van der Waals surface area contributed by atoms with Crippen molar-refractivity contribution in [1.82, 2.24) is 16.0 Å². The van der Waals surface area contributed by atoms with Crippen LogP contribution in [0.3, 0.4) is 0 Å². The Morgan fingerprint density at radius 1 is 1.17 bits per heavy atom. The zero-order valence-electron chi connectivity index (χ0n) is 11.5. The molecule has 0 rings (SSSR count). The van der Waals surface area contributed by atoms with Crippen LogP contribution in [0.5, 0.6) is 0 Å². The summed E-state index contributed by atoms with van der Waals surface area (Å²) >= 11 is 0. The van der Waals surface area contributed by atoms with Crippen LogP contribution in [0.25, 0.3) is 0 Å². The van der Waals surface area contributed by atoms with Gasteiger partial charge in [0.1, 0.15) is 17.4 Å². The number of nitrogens with one attached hydrogen (secondary N) is 3. The van der Waals surface area contributed by atoms with Crippen LogP contribution in [0.15, 0.2) is 16.5 Å². The lowest BCUT2D eigenvalue weighted by Crippen LogP contribution is -2.36. The number of rotatable bonds is 7. The molecule has 0 aromatic heterocycles. The third-order valence-electron chi connectivity index (χ3n) is 2.42. The summed E-state index contributed by atoms with van der Waals surface area (Å²) in [5, 5.41) is 17.8. The molecule has 1 atom stereocenters. The molecule has 7 nitrogen and oxygen atoms in total. The molecular weight excluding hydrogens is 234 g/mol. The first-order chi connectivity index (χ1) is 8.38. The van der Waals surface area contributed by atoms with E-state index in [1.807, 2.05) is 0 Å². The lowest BCUT2D eigenvalue weighted by atomic mass is 10.1. The second-order valence-electron chi connectivity index (χ2n) is 4.04. The lowest BCUT2D eigenvalue weighted by Gasteiger charge is -2.17. The van der Waals surface area contributed by atoms with Crippen molar-refractivity contribution in [2.24, 2.45) is 16.6 Å². The SMILES string of the molecule is CNC(NC)=C(NC)C(N)=N[C@@H](C(=O)O)C(C)C. The van der Waals surface area contributed by atoms with Crippen LogP contribution in [-0.2, 0) is 4.79 Å². The first-order valence-corrected chi connectivity index (χ1v) is 5.72. The van der Waals surface area contributed by atoms with Crippen molar-refractivity contribution >= 4 is 11.8 Å². The van der Waals surface area contributed by atoms with Gasteiger partial charge >= 0.3 is 5.97 Å². The van der Waals surface area contributed by atoms with Gasteiger partial charge in [-0.15, -0.1) is 0 Å². The Morgan fingerprint density at radius 2 is 1.67 bits per heavy atom. The van der Waals surface area contributed by atoms with Crippen LogP contribution in [-0.4, -0.2) is 44.1 Å². The molecule has 0 bridgehead atoms. The number of carboxylic acids is 1. The van der Waals surface area contributed by atoms with E-state index in [4.69, 9.17) is 10.8 Å². The first-order valence-electron chi connectivity index (χ1n) is 5.72. The molecule has 0 fully saturated rings. The molecular formula is C11H23N5O2. The number of hydrogen-bond donors (Lipinski definition) is 5. The number of carboxylic acid groups (broad SMARTS) is 1. The number of aliphatic carboxylic acids is 1. The molecule has 0 heterocycles. The largest absolute Gasteiger partial charge is 0.480 e. The van der Waals surface area contributed by atoms with Gasteiger partial charge in [-0.05, 0) is 5.92 Å². The Morgan fingerprint density at radius 3 is 1.94 bits per heavy atom. The molecule has 0 saturated heterocycles. The Hall–Kier alpha value is -1.92. The van der Waals surface area contributed by atoms with E-state index < -0.39 is 12.0 Å². The molecule has 0 spiro atoms. The molecule has 0 aliphatic rings. The predicted octanol–water partition coefficient (Wildman–Crippen LogP) is -0.720. The maximum Gasteiger partial charge on any atom is 0.328 e. The summed E-state index contributed by atoms with van der Waals surface area (Å²) in [7, 11) is 5.15. The van der Waals surface area contributed by atoms with Crippen LogP contribution < -0.4 is 21.7 Å². The normalized spacial score (nSPS) is 12.9. The van der Waals surface area contributed by atoms with E-state index >= 15 is 0 Å². The number of aliphatic imine (C=N–C) groups is 1. The highest BCUT2D eigenvalue weighted by molar-refractivity contribution is 5.98. The van der Waals surface area contributed by atoms with Gasteiger partial charge in [0, 0.05) is 21.1 Å². The fourth-order valence-electron chi connectivity index (χ4n) is 1.46. The summed E-state index contributed by atoms with van der Waals surface area (Å²) in [4.78, 5) is 15.1. The van der Waals surface area contributed by atoms with Crippen molar-refractivity contribution in [2.75, 3.05) is 21.1 Å². The monoisotopic (exact) mass is 257 g/mol. The van der Waals surface area contributed by atoms with Crippen LogP contribution in [0.4, 0.5) is 0 Å². The van der Waals surface area contributed by atoms with Crippen molar-refractivity contribution < 1.29 is 9.90 Å². The maximum absolute atomic E-state index is 11.1. The summed E-state index contributed by atoms with van der Waals surface area (Å²) in [6.07, 6.45) is 0. The minimum atomic E-state index is -0.987. The zero-order valence-corrected chi connectivity index (χ0v) is 11.5. The molecule has 0 radical (unpaired) electrons. The molecule has 0 amide bonds. The molecule has 0 aromatic rings. The summed E-state index contributed by atoms with van der Waals surface area (Å²) in [5.74, 6) is -0.324. The van der Waals surface area contributed by atoms with Gasteiger partial charge in [0.25, 0.3) is 0 Å². The van der Waals surface area contributed by atoms with Gasteiger partial charge in [-0.1, -0.05) is 13.8 Å². The van der Waals surface area contributed by atoms with Crippen molar-refractivity contribution in [3.05, 3.63) is 11.5 Å². The standard InChI is InChI=1S/C11H23N5O2/c1-6(2)7(11(17)18)16-9(12)8(13-3)10(14-4)15-5/h6-7,13-15H,1-5H3,(H2,12,16)(H,17,18)/t7-/m1/s1. The smallest absolute Gasteiger partial charge is 0.328 e. The third kappa shape index (κ3) is 4.15. The van der Waals surface area contributed by atoms with Crippen molar-refractivity contribution in [2.45, 2.75) is 19.9 Å². The second kappa shape index (κ2) is 7.41. The highest BCUT2D eigenvalue weighted by Crippen LogP contribution is 2.08. The van der Waals surface area contributed by atoms with Crippen molar-refractivity contribution in [3.8, 4) is 0 Å². The number of carbonyl (C=O) groups is 1. The molecule has 6 N–H and O–H groups in total. The highest BCUT2D eigenvalue weighted by Gasteiger charge is 2.21. The lowest BCUT2D eigenvalue weighted by molar-refractivity contribution is -0.139. The Balaban J connectivity index is 5.38. The van der Waals surface area contributed by atoms with Crippen molar-refractivity contribution in [3.63, 3.8) is 0 Å². The predicted molar refractivity (Wildman–Crippen MR) is 72.1 cm³/mol. The van der Waals surface area contributed by atoms with E-state index in [1.54, 1.807) is 35.0 Å². The Labute approximate surface area is 108 Å². The highest BCUT2D eigenvalue weighted by atomic mass is 16.4. The van der Waals surface area contributed by atoms with Crippen LogP contribution in [0.2, 0.25) is 0 Å². The van der Waals surface area contributed by atoms with Crippen LogP contribution in [0, 0.1) is 5.92 Å². The fourth-order valence-corrected chi connectivity index (χ4v) is 1.46. The third-order valence-corrected chi connectivity index (χ3v) is 2.42. The van der Waals surface area contributed by atoms with Gasteiger partial charge in [-0.3, -0.25) is 4.99 Å². The van der Waals surface area contributed by atoms with Crippen LogP contribution >= 0.6 is 0 Å². The molecule has 0 aromatic carbocycles.